The summed E-state index contributed by atoms with van der Waals surface area (Å²) >= 11 is 0. The van der Waals surface area contributed by atoms with Gasteiger partial charge < -0.3 is 10.2 Å². The van der Waals surface area contributed by atoms with E-state index >= 15 is 0 Å². The zero-order valence-corrected chi connectivity index (χ0v) is 18.8. The summed E-state index contributed by atoms with van der Waals surface area (Å²) in [6.07, 6.45) is 0.924. The summed E-state index contributed by atoms with van der Waals surface area (Å²) < 4.78 is 51.9. The molecule has 2 bridgehead atoms. The van der Waals surface area contributed by atoms with Gasteiger partial charge in [-0.3, -0.25) is 4.79 Å². The first kappa shape index (κ1) is 23.1. The van der Waals surface area contributed by atoms with Gasteiger partial charge in [0.15, 0.2) is 11.6 Å². The molecule has 2 aliphatic heterocycles. The van der Waals surface area contributed by atoms with Gasteiger partial charge in [0.05, 0.1) is 29.6 Å². The van der Waals surface area contributed by atoms with E-state index in [4.69, 9.17) is 0 Å². The molecule has 7 nitrogen and oxygen atoms in total. The van der Waals surface area contributed by atoms with Gasteiger partial charge in [0.1, 0.15) is 11.5 Å². The van der Waals surface area contributed by atoms with Gasteiger partial charge >= 0.3 is 6.18 Å². The molecule has 1 saturated carbocycles. The fraction of sp³-hybridized carbons (Fsp3) is 0.375. The average Bonchev–Trinajstić information content (AvgIpc) is 2.84. The predicted molar refractivity (Wildman–Crippen MR) is 119 cm³/mol. The summed E-state index contributed by atoms with van der Waals surface area (Å²) in [6.45, 7) is 2.35. The number of hydrogen-bond acceptors (Lipinski definition) is 6. The summed E-state index contributed by atoms with van der Waals surface area (Å²) in [5.41, 5.74) is 0.455. The number of piperidine rings is 2. The number of alkyl halides is 3. The number of aryl methyl sites for hydroxylation is 1. The number of pyridine rings is 2. The first-order valence-electron chi connectivity index (χ1n) is 11.3. The lowest BCUT2D eigenvalue weighted by molar-refractivity contribution is -0.137. The van der Waals surface area contributed by atoms with Crippen LogP contribution in [0, 0.1) is 18.7 Å². The van der Waals surface area contributed by atoms with Crippen LogP contribution in [0.3, 0.4) is 0 Å². The number of aromatic nitrogens is 4. The van der Waals surface area contributed by atoms with Crippen LogP contribution >= 0.6 is 0 Å². The third kappa shape index (κ3) is 4.67. The summed E-state index contributed by atoms with van der Waals surface area (Å²) in [6, 6.07) is 5.39. The van der Waals surface area contributed by atoms with E-state index in [-0.39, 0.29) is 35.4 Å². The molecule has 3 aromatic heterocycles. The molecule has 3 atom stereocenters. The Hall–Kier alpha value is -3.63. The third-order valence-electron chi connectivity index (χ3n) is 6.56. The summed E-state index contributed by atoms with van der Waals surface area (Å²) in [4.78, 5) is 31.9. The molecular weight excluding hydrogens is 464 g/mol. The van der Waals surface area contributed by atoms with E-state index in [0.29, 0.717) is 23.6 Å². The molecular formula is C24H22F4N6O. The highest BCUT2D eigenvalue weighted by Gasteiger charge is 2.44. The molecule has 182 valence electrons. The molecule has 0 spiro atoms. The van der Waals surface area contributed by atoms with E-state index in [2.05, 4.69) is 25.3 Å². The van der Waals surface area contributed by atoms with Gasteiger partial charge in [0.2, 0.25) is 0 Å². The molecule has 1 N–H and O–H groups in total. The Morgan fingerprint density at radius 3 is 2.49 bits per heavy atom. The first-order chi connectivity index (χ1) is 16.7. The minimum Gasteiger partial charge on any atom is -0.365 e. The van der Waals surface area contributed by atoms with Gasteiger partial charge in [-0.2, -0.15) is 13.2 Å². The number of hydrogen-bond donors (Lipinski definition) is 1. The van der Waals surface area contributed by atoms with Crippen molar-refractivity contribution >= 4 is 11.7 Å². The second kappa shape index (κ2) is 8.86. The van der Waals surface area contributed by atoms with Crippen LogP contribution in [0.15, 0.2) is 42.9 Å². The Morgan fingerprint density at radius 2 is 1.83 bits per heavy atom. The summed E-state index contributed by atoms with van der Waals surface area (Å²) in [5.74, 6) is -0.0835. The quantitative estimate of drug-likeness (QED) is 0.547. The van der Waals surface area contributed by atoms with Crippen molar-refractivity contribution in [1.29, 1.82) is 0 Å². The summed E-state index contributed by atoms with van der Waals surface area (Å²) in [5, 5.41) is 3.23. The molecule has 3 aliphatic rings. The van der Waals surface area contributed by atoms with Crippen LogP contribution in [0.1, 0.15) is 40.9 Å². The van der Waals surface area contributed by atoms with Crippen LogP contribution in [0.2, 0.25) is 0 Å². The number of rotatable bonds is 4. The highest BCUT2D eigenvalue weighted by atomic mass is 19.4. The zero-order valence-electron chi connectivity index (χ0n) is 18.8. The molecule has 11 heteroatoms. The minimum atomic E-state index is -4.45. The molecule has 1 amide bonds. The Bertz CT molecular complexity index is 1230. The second-order valence-electron chi connectivity index (χ2n) is 8.96. The normalized spacial score (nSPS) is 21.7. The number of nitrogens with zero attached hydrogens (tertiary/aromatic N) is 5. The number of carbonyl (C=O) groups is 1. The van der Waals surface area contributed by atoms with Crippen LogP contribution in [-0.4, -0.2) is 49.4 Å². The third-order valence-corrected chi connectivity index (χ3v) is 6.56. The van der Waals surface area contributed by atoms with Crippen molar-refractivity contribution in [1.82, 2.24) is 24.8 Å². The minimum absolute atomic E-state index is 0.153. The van der Waals surface area contributed by atoms with Gasteiger partial charge in [0.25, 0.3) is 5.91 Å². The fourth-order valence-corrected chi connectivity index (χ4v) is 4.91. The van der Waals surface area contributed by atoms with Crippen molar-refractivity contribution in [3.63, 3.8) is 0 Å². The number of amides is 1. The van der Waals surface area contributed by atoms with Crippen molar-refractivity contribution in [2.24, 2.45) is 5.92 Å². The van der Waals surface area contributed by atoms with Gasteiger partial charge in [-0.15, -0.1) is 0 Å². The standard InChI is InChI=1S/C24H22F4N6O/c1-13-2-5-17(21(32-13)22-30-10-16(25)11-31-22)23(35)34-12-14-3-6-19(34)18(8-14)33-20-7-4-15(9-29-20)24(26,27)28/h2,4-5,7,9-11,14,18-19H,3,6,8,12H2,1H3,(H,29,33)/t14-,18-,19+/m1/s1. The van der Waals surface area contributed by atoms with Crippen LogP contribution < -0.4 is 5.32 Å². The number of anilines is 1. The highest BCUT2D eigenvalue weighted by molar-refractivity contribution is 5.99. The van der Waals surface area contributed by atoms with E-state index < -0.39 is 17.6 Å². The molecule has 0 aromatic carbocycles. The lowest BCUT2D eigenvalue weighted by Crippen LogP contribution is -2.59. The topological polar surface area (TPSA) is 83.9 Å². The van der Waals surface area contributed by atoms with Crippen molar-refractivity contribution < 1.29 is 22.4 Å². The molecule has 35 heavy (non-hydrogen) atoms. The number of halogens is 4. The maximum Gasteiger partial charge on any atom is 0.417 e. The van der Waals surface area contributed by atoms with Crippen LogP contribution in [0.4, 0.5) is 23.4 Å². The van der Waals surface area contributed by atoms with E-state index in [0.717, 1.165) is 43.9 Å². The average molecular weight is 486 g/mol. The lowest BCUT2D eigenvalue weighted by atomic mass is 9.76. The SMILES string of the molecule is Cc1ccc(C(=O)N2C[C@@H]3CC[C@H]2[C@H](Nc2ccc(C(F)(F)F)cn2)C3)c(-c2ncc(F)cn2)n1. The maximum atomic E-state index is 13.7. The Labute approximate surface area is 198 Å². The van der Waals surface area contributed by atoms with Gasteiger partial charge in [-0.05, 0) is 56.4 Å². The second-order valence-corrected chi connectivity index (χ2v) is 8.96. The monoisotopic (exact) mass is 486 g/mol. The van der Waals surface area contributed by atoms with Crippen LogP contribution in [0.5, 0.6) is 0 Å². The molecule has 0 unspecified atom stereocenters. The number of carbonyl (C=O) groups excluding carboxylic acids is 1. The van der Waals surface area contributed by atoms with E-state index in [1.165, 1.54) is 6.07 Å². The lowest BCUT2D eigenvalue weighted by Gasteiger charge is -2.50. The van der Waals surface area contributed by atoms with Crippen molar-refractivity contribution in [2.75, 3.05) is 11.9 Å². The Morgan fingerprint density at radius 1 is 1.06 bits per heavy atom. The smallest absolute Gasteiger partial charge is 0.365 e. The van der Waals surface area contributed by atoms with Crippen molar-refractivity contribution in [2.45, 2.75) is 44.4 Å². The van der Waals surface area contributed by atoms with Crippen LogP contribution in [0.25, 0.3) is 11.5 Å². The number of fused-ring (bicyclic) bond motifs is 3. The van der Waals surface area contributed by atoms with E-state index in [1.807, 2.05) is 0 Å². The predicted octanol–water partition coefficient (Wildman–Crippen LogP) is 4.51. The Kier molecular flexibility index (Phi) is 5.86. The summed E-state index contributed by atoms with van der Waals surface area (Å²) in [7, 11) is 0. The Balaban J connectivity index is 1.40. The number of nitrogens with one attached hydrogen (secondary N) is 1. The van der Waals surface area contributed by atoms with Gasteiger partial charge in [-0.25, -0.2) is 24.3 Å². The van der Waals surface area contributed by atoms with Gasteiger partial charge in [-0.1, -0.05) is 0 Å². The van der Waals surface area contributed by atoms with E-state index in [1.54, 1.807) is 24.0 Å². The molecule has 3 fully saturated rings. The molecule has 0 radical (unpaired) electrons. The van der Waals surface area contributed by atoms with Gasteiger partial charge in [0, 0.05) is 24.5 Å². The van der Waals surface area contributed by atoms with E-state index in [9.17, 15) is 22.4 Å². The fourth-order valence-electron chi connectivity index (χ4n) is 4.91. The maximum absolute atomic E-state index is 13.7. The first-order valence-corrected chi connectivity index (χ1v) is 11.3. The molecule has 1 aliphatic carbocycles. The molecule has 5 heterocycles. The highest BCUT2D eigenvalue weighted by Crippen LogP contribution is 2.38. The molecule has 6 rings (SSSR count). The van der Waals surface area contributed by atoms with Crippen molar-refractivity contribution in [3.8, 4) is 11.5 Å². The molecule has 3 aromatic rings. The largest absolute Gasteiger partial charge is 0.417 e. The van der Waals surface area contributed by atoms with Crippen LogP contribution in [-0.2, 0) is 6.18 Å². The van der Waals surface area contributed by atoms with Crippen molar-refractivity contribution in [3.05, 3.63) is 65.5 Å². The zero-order chi connectivity index (χ0) is 24.7. The molecule has 2 saturated heterocycles.